The number of rotatable bonds is 2. The van der Waals surface area contributed by atoms with Gasteiger partial charge in [0.05, 0.1) is 10.7 Å². The summed E-state index contributed by atoms with van der Waals surface area (Å²) in [5.74, 6) is -1.29. The van der Waals surface area contributed by atoms with Crippen LogP contribution in [0.25, 0.3) is 5.69 Å². The van der Waals surface area contributed by atoms with Gasteiger partial charge in [-0.15, -0.1) is 0 Å². The second-order valence-corrected chi connectivity index (χ2v) is 4.28. The van der Waals surface area contributed by atoms with Gasteiger partial charge in [-0.05, 0) is 24.6 Å². The molecule has 0 unspecified atom stereocenters. The molecule has 0 aliphatic heterocycles. The Hall–Kier alpha value is -2.07. The average molecular weight is 264 g/mol. The summed E-state index contributed by atoms with van der Waals surface area (Å²) in [4.78, 5) is 23.0. The summed E-state index contributed by atoms with van der Waals surface area (Å²) in [5.41, 5.74) is 0.539. The molecule has 0 atom stereocenters. The van der Waals surface area contributed by atoms with Crippen molar-refractivity contribution in [2.75, 3.05) is 0 Å². The Balaban J connectivity index is 2.77. The summed E-state index contributed by atoms with van der Waals surface area (Å²) in [7, 11) is 0. The highest BCUT2D eigenvalue weighted by Gasteiger charge is 2.14. The Morgan fingerprint density at radius 1 is 1.33 bits per heavy atom. The molecule has 0 saturated carbocycles. The maximum absolute atomic E-state index is 12.0. The van der Waals surface area contributed by atoms with Crippen molar-refractivity contribution in [3.8, 4) is 5.69 Å². The van der Waals surface area contributed by atoms with Crippen LogP contribution in [0, 0.1) is 6.92 Å². The van der Waals surface area contributed by atoms with Crippen molar-refractivity contribution in [3.63, 3.8) is 0 Å². The highest BCUT2D eigenvalue weighted by atomic mass is 35.5. The first-order valence-electron chi connectivity index (χ1n) is 5.22. The Kier molecular flexibility index (Phi) is 3.21. The number of para-hydroxylation sites is 1. The fourth-order valence-corrected chi connectivity index (χ4v) is 1.92. The summed E-state index contributed by atoms with van der Waals surface area (Å²) < 4.78 is 1.25. The van der Waals surface area contributed by atoms with Gasteiger partial charge in [0.25, 0.3) is 5.56 Å². The highest BCUT2D eigenvalue weighted by Crippen LogP contribution is 2.15. The molecule has 0 radical (unpaired) electrons. The second-order valence-electron chi connectivity index (χ2n) is 3.84. The minimum atomic E-state index is -1.29. The normalized spacial score (nSPS) is 10.3. The molecule has 0 fully saturated rings. The molecule has 1 aromatic heterocycles. The van der Waals surface area contributed by atoms with Crippen LogP contribution < -0.4 is 5.56 Å². The lowest BCUT2D eigenvalue weighted by Crippen LogP contribution is -2.25. The van der Waals surface area contributed by atoms with Crippen molar-refractivity contribution in [1.29, 1.82) is 0 Å². The molecule has 0 saturated heterocycles. The average Bonchev–Trinajstić information content (AvgIpc) is 2.32. The van der Waals surface area contributed by atoms with Crippen molar-refractivity contribution in [3.05, 3.63) is 63.0 Å². The molecule has 2 rings (SSSR count). The van der Waals surface area contributed by atoms with Crippen LogP contribution in [-0.2, 0) is 0 Å². The third kappa shape index (κ3) is 2.15. The number of carboxylic acids is 1. The molecular formula is C13H10ClNO3. The van der Waals surface area contributed by atoms with E-state index in [4.69, 9.17) is 16.7 Å². The molecule has 4 nitrogen and oxygen atoms in total. The summed E-state index contributed by atoms with van der Waals surface area (Å²) in [6.45, 7) is 1.84. The summed E-state index contributed by atoms with van der Waals surface area (Å²) in [5, 5.41) is 9.16. The van der Waals surface area contributed by atoms with Crippen LogP contribution in [0.15, 0.2) is 41.3 Å². The van der Waals surface area contributed by atoms with Crippen molar-refractivity contribution in [1.82, 2.24) is 4.57 Å². The SMILES string of the molecule is Cc1ccccc1-n1cc(Cl)cc(C(=O)O)c1=O. The molecule has 5 heteroatoms. The number of nitrogens with zero attached hydrogens (tertiary/aromatic N) is 1. The van der Waals surface area contributed by atoms with Gasteiger partial charge in [0.1, 0.15) is 5.56 Å². The first kappa shape index (κ1) is 12.4. The number of aryl methyl sites for hydroxylation is 1. The van der Waals surface area contributed by atoms with E-state index in [0.29, 0.717) is 5.69 Å². The number of aromatic nitrogens is 1. The van der Waals surface area contributed by atoms with Crippen LogP contribution in [0.4, 0.5) is 0 Å². The monoisotopic (exact) mass is 263 g/mol. The van der Waals surface area contributed by atoms with E-state index >= 15 is 0 Å². The number of carbonyl (C=O) groups is 1. The predicted molar refractivity (Wildman–Crippen MR) is 68.7 cm³/mol. The molecule has 1 heterocycles. The van der Waals surface area contributed by atoms with Crippen molar-refractivity contribution in [2.24, 2.45) is 0 Å². The van der Waals surface area contributed by atoms with E-state index in [2.05, 4.69) is 0 Å². The maximum atomic E-state index is 12.0. The number of halogens is 1. The number of hydrogen-bond acceptors (Lipinski definition) is 2. The fourth-order valence-electron chi connectivity index (χ4n) is 1.71. The van der Waals surface area contributed by atoms with Crippen molar-refractivity contribution < 1.29 is 9.90 Å². The summed E-state index contributed by atoms with van der Waals surface area (Å²) in [6.07, 6.45) is 1.42. The lowest BCUT2D eigenvalue weighted by atomic mass is 10.2. The van der Waals surface area contributed by atoms with Gasteiger partial charge in [-0.25, -0.2) is 4.79 Å². The van der Waals surface area contributed by atoms with Crippen molar-refractivity contribution >= 4 is 17.6 Å². The molecule has 1 aromatic carbocycles. The molecular weight excluding hydrogens is 254 g/mol. The first-order chi connectivity index (χ1) is 8.50. The van der Waals surface area contributed by atoms with Gasteiger partial charge in [-0.3, -0.25) is 9.36 Å². The van der Waals surface area contributed by atoms with Crippen LogP contribution in [0.3, 0.4) is 0 Å². The number of hydrogen-bond donors (Lipinski definition) is 1. The third-order valence-electron chi connectivity index (χ3n) is 2.59. The number of aromatic carboxylic acids is 1. The zero-order valence-corrected chi connectivity index (χ0v) is 10.3. The highest BCUT2D eigenvalue weighted by molar-refractivity contribution is 6.30. The van der Waals surface area contributed by atoms with Gasteiger partial charge in [-0.1, -0.05) is 29.8 Å². The second kappa shape index (κ2) is 4.66. The van der Waals surface area contributed by atoms with Crippen LogP contribution >= 0.6 is 11.6 Å². The molecule has 0 amide bonds. The molecule has 1 N–H and O–H groups in total. The van der Waals surface area contributed by atoms with Gasteiger partial charge in [0.15, 0.2) is 0 Å². The zero-order valence-electron chi connectivity index (χ0n) is 9.55. The molecule has 0 aliphatic rings. The van der Waals surface area contributed by atoms with E-state index in [0.717, 1.165) is 11.6 Å². The standard InChI is InChI=1S/C13H10ClNO3/c1-8-4-2-3-5-11(8)15-7-9(14)6-10(12(15)16)13(17)18/h2-7H,1H3,(H,17,18). The molecule has 0 bridgehead atoms. The molecule has 0 spiro atoms. The van der Waals surface area contributed by atoms with Gasteiger partial charge in [-0.2, -0.15) is 0 Å². The van der Waals surface area contributed by atoms with Crippen LogP contribution in [0.5, 0.6) is 0 Å². The maximum Gasteiger partial charge on any atom is 0.341 e. The Morgan fingerprint density at radius 2 is 2.00 bits per heavy atom. The lowest BCUT2D eigenvalue weighted by molar-refractivity contribution is 0.0694. The third-order valence-corrected chi connectivity index (χ3v) is 2.80. The van der Waals surface area contributed by atoms with Gasteiger partial charge >= 0.3 is 5.97 Å². The van der Waals surface area contributed by atoms with E-state index in [-0.39, 0.29) is 10.6 Å². The predicted octanol–water partition coefficient (Wildman–Crippen LogP) is 2.50. The van der Waals surface area contributed by atoms with E-state index in [1.807, 2.05) is 19.1 Å². The topological polar surface area (TPSA) is 59.3 Å². The first-order valence-corrected chi connectivity index (χ1v) is 5.60. The smallest absolute Gasteiger partial charge is 0.341 e. The van der Waals surface area contributed by atoms with Gasteiger partial charge in [0, 0.05) is 6.20 Å². The molecule has 92 valence electrons. The van der Waals surface area contributed by atoms with Crippen LogP contribution in [0.1, 0.15) is 15.9 Å². The largest absolute Gasteiger partial charge is 0.477 e. The van der Waals surface area contributed by atoms with Gasteiger partial charge < -0.3 is 5.11 Å². The summed E-state index contributed by atoms with van der Waals surface area (Å²) >= 11 is 5.85. The Bertz CT molecular complexity index is 676. The number of carboxylic acid groups (broad SMARTS) is 1. The Morgan fingerprint density at radius 3 is 2.61 bits per heavy atom. The summed E-state index contributed by atoms with van der Waals surface area (Å²) in [6, 6.07) is 8.34. The minimum Gasteiger partial charge on any atom is -0.477 e. The minimum absolute atomic E-state index is 0.204. The fraction of sp³-hybridized carbons (Fsp3) is 0.0769. The van der Waals surface area contributed by atoms with Crippen LogP contribution in [0.2, 0.25) is 5.02 Å². The van der Waals surface area contributed by atoms with Crippen LogP contribution in [-0.4, -0.2) is 15.6 Å². The van der Waals surface area contributed by atoms with E-state index < -0.39 is 11.5 Å². The molecule has 18 heavy (non-hydrogen) atoms. The molecule has 2 aromatic rings. The van der Waals surface area contributed by atoms with Crippen molar-refractivity contribution in [2.45, 2.75) is 6.92 Å². The van der Waals surface area contributed by atoms with E-state index in [1.165, 1.54) is 10.8 Å². The van der Waals surface area contributed by atoms with E-state index in [9.17, 15) is 9.59 Å². The van der Waals surface area contributed by atoms with E-state index in [1.54, 1.807) is 12.1 Å². The Labute approximate surface area is 108 Å². The quantitative estimate of drug-likeness (QED) is 0.906. The molecule has 0 aliphatic carbocycles. The lowest BCUT2D eigenvalue weighted by Gasteiger charge is -2.10. The zero-order chi connectivity index (χ0) is 13.3. The number of pyridine rings is 1. The van der Waals surface area contributed by atoms with Gasteiger partial charge in [0.2, 0.25) is 0 Å². The number of benzene rings is 1.